The van der Waals surface area contributed by atoms with Crippen molar-refractivity contribution in [1.82, 2.24) is 5.32 Å². The Hall–Kier alpha value is -0.380. The molecule has 0 amide bonds. The highest BCUT2D eigenvalue weighted by Crippen LogP contribution is 2.14. The topological polar surface area (TPSA) is 41.5 Å². The van der Waals surface area contributed by atoms with Gasteiger partial charge in [0.2, 0.25) is 0 Å². The molecule has 0 aliphatic carbocycles. The van der Waals surface area contributed by atoms with Crippen molar-refractivity contribution in [2.75, 3.05) is 20.3 Å². The van der Waals surface area contributed by atoms with Crippen LogP contribution in [0.5, 0.6) is 0 Å². The van der Waals surface area contributed by atoms with Gasteiger partial charge in [-0.2, -0.15) is 0 Å². The van der Waals surface area contributed by atoms with Crippen LogP contribution in [-0.2, 0) is 4.74 Å². The van der Waals surface area contributed by atoms with Crippen molar-refractivity contribution in [1.29, 1.82) is 0 Å². The van der Waals surface area contributed by atoms with Crippen LogP contribution in [-0.4, -0.2) is 37.0 Å². The van der Waals surface area contributed by atoms with Gasteiger partial charge >= 0.3 is 0 Å². The second kappa shape index (κ2) is 8.74. The lowest BCUT2D eigenvalue weighted by molar-refractivity contribution is 0.0884. The lowest BCUT2D eigenvalue weighted by atomic mass is 9.96. The first kappa shape index (κ1) is 15.6. The summed E-state index contributed by atoms with van der Waals surface area (Å²) in [5.74, 6) is 0. The summed E-state index contributed by atoms with van der Waals surface area (Å²) in [6, 6.07) is 0.463. The number of rotatable bonds is 10. The summed E-state index contributed by atoms with van der Waals surface area (Å²) in [6.07, 6.45) is 5.85. The molecule has 0 aliphatic rings. The summed E-state index contributed by atoms with van der Waals surface area (Å²) < 4.78 is 5.22. The third-order valence-corrected chi connectivity index (χ3v) is 2.89. The molecule has 0 heterocycles. The van der Waals surface area contributed by atoms with Gasteiger partial charge in [-0.05, 0) is 32.6 Å². The molecule has 0 saturated carbocycles. The molecule has 2 N–H and O–H groups in total. The summed E-state index contributed by atoms with van der Waals surface area (Å²) in [5, 5.41) is 12.7. The number of aliphatic hydroxyl groups is 1. The number of hydrogen-bond acceptors (Lipinski definition) is 3. The molecule has 0 saturated heterocycles. The molecule has 96 valence electrons. The van der Waals surface area contributed by atoms with E-state index >= 15 is 0 Å². The van der Waals surface area contributed by atoms with E-state index in [-0.39, 0.29) is 12.1 Å². The molecule has 3 heteroatoms. The normalized spacial score (nSPS) is 16.8. The van der Waals surface area contributed by atoms with E-state index in [0.29, 0.717) is 19.1 Å². The van der Waals surface area contributed by atoms with Crippen molar-refractivity contribution in [2.24, 2.45) is 0 Å². The molecule has 3 nitrogen and oxygen atoms in total. The minimum Gasteiger partial charge on any atom is -0.396 e. The molecule has 0 aromatic carbocycles. The summed E-state index contributed by atoms with van der Waals surface area (Å²) in [6.45, 7) is 8.83. The van der Waals surface area contributed by atoms with E-state index in [2.05, 4.69) is 25.7 Å². The Morgan fingerprint density at radius 3 is 2.69 bits per heavy atom. The quantitative estimate of drug-likeness (QED) is 0.564. The summed E-state index contributed by atoms with van der Waals surface area (Å²) >= 11 is 0. The third-order valence-electron chi connectivity index (χ3n) is 2.89. The van der Waals surface area contributed by atoms with Crippen LogP contribution in [0.2, 0.25) is 0 Å². The van der Waals surface area contributed by atoms with Gasteiger partial charge in [-0.3, -0.25) is 0 Å². The molecule has 0 fully saturated rings. The van der Waals surface area contributed by atoms with Gasteiger partial charge in [-0.15, -0.1) is 6.58 Å². The second-order valence-corrected chi connectivity index (χ2v) is 4.58. The molecular weight excluding hydrogens is 202 g/mol. The molecule has 0 rings (SSSR count). The van der Waals surface area contributed by atoms with E-state index in [1.165, 1.54) is 0 Å². The lowest BCUT2D eigenvalue weighted by Crippen LogP contribution is -2.51. The van der Waals surface area contributed by atoms with Gasteiger partial charge in [0, 0.05) is 25.3 Å². The maximum atomic E-state index is 9.08. The Morgan fingerprint density at radius 1 is 1.56 bits per heavy atom. The highest BCUT2D eigenvalue weighted by atomic mass is 16.5. The zero-order valence-electron chi connectivity index (χ0n) is 11.0. The molecule has 2 atom stereocenters. The van der Waals surface area contributed by atoms with Crippen LogP contribution >= 0.6 is 0 Å². The number of nitrogens with one attached hydrogen (secondary N) is 1. The average Bonchev–Trinajstić information content (AvgIpc) is 2.25. The minimum atomic E-state index is -0.134. The number of methoxy groups -OCH3 is 1. The molecule has 0 aliphatic heterocycles. The molecule has 0 spiro atoms. The van der Waals surface area contributed by atoms with Crippen molar-refractivity contribution >= 4 is 0 Å². The molecule has 0 bridgehead atoms. The Balaban J connectivity index is 4.26. The van der Waals surface area contributed by atoms with E-state index in [1.54, 1.807) is 7.11 Å². The van der Waals surface area contributed by atoms with Gasteiger partial charge in [0.25, 0.3) is 0 Å². The lowest BCUT2D eigenvalue weighted by Gasteiger charge is -2.34. The minimum absolute atomic E-state index is 0.134. The van der Waals surface area contributed by atoms with Gasteiger partial charge in [0.1, 0.15) is 0 Å². The predicted octanol–water partition coefficient (Wildman–Crippen LogP) is 2.11. The summed E-state index contributed by atoms with van der Waals surface area (Å²) in [7, 11) is 1.70. The predicted molar refractivity (Wildman–Crippen MR) is 68.6 cm³/mol. The highest BCUT2D eigenvalue weighted by molar-refractivity contribution is 4.87. The molecule has 16 heavy (non-hydrogen) atoms. The number of allylic oxidation sites excluding steroid dienone is 1. The third kappa shape index (κ3) is 6.26. The van der Waals surface area contributed by atoms with Crippen molar-refractivity contribution in [3.63, 3.8) is 0 Å². The van der Waals surface area contributed by atoms with Crippen LogP contribution in [0.3, 0.4) is 0 Å². The first-order valence-corrected chi connectivity index (χ1v) is 6.10. The van der Waals surface area contributed by atoms with Crippen LogP contribution in [0.15, 0.2) is 12.7 Å². The van der Waals surface area contributed by atoms with Gasteiger partial charge in [-0.25, -0.2) is 0 Å². The maximum Gasteiger partial charge on any atom is 0.0642 e. The van der Waals surface area contributed by atoms with Crippen molar-refractivity contribution in [3.8, 4) is 0 Å². The highest BCUT2D eigenvalue weighted by Gasteiger charge is 2.25. The number of hydrogen-bond donors (Lipinski definition) is 2. The van der Waals surface area contributed by atoms with Crippen LogP contribution in [0.4, 0.5) is 0 Å². The Bertz CT molecular complexity index is 177. The Kier molecular flexibility index (Phi) is 8.53. The summed E-state index contributed by atoms with van der Waals surface area (Å²) in [4.78, 5) is 0. The maximum absolute atomic E-state index is 9.08. The number of aliphatic hydroxyl groups excluding tert-OH is 1. The fraction of sp³-hybridized carbons (Fsp3) is 0.846. The van der Waals surface area contributed by atoms with Gasteiger partial charge in [0.05, 0.1) is 6.61 Å². The van der Waals surface area contributed by atoms with E-state index in [0.717, 1.165) is 19.3 Å². The van der Waals surface area contributed by atoms with Crippen LogP contribution < -0.4 is 5.32 Å². The van der Waals surface area contributed by atoms with E-state index in [4.69, 9.17) is 9.84 Å². The van der Waals surface area contributed by atoms with Crippen LogP contribution in [0.1, 0.15) is 39.5 Å². The van der Waals surface area contributed by atoms with Crippen molar-refractivity contribution in [3.05, 3.63) is 12.7 Å². The molecule has 0 aromatic rings. The fourth-order valence-electron chi connectivity index (χ4n) is 1.94. The zero-order chi connectivity index (χ0) is 12.4. The first-order valence-electron chi connectivity index (χ1n) is 6.10. The summed E-state index contributed by atoms with van der Waals surface area (Å²) in [5.41, 5.74) is -0.134. The van der Waals surface area contributed by atoms with Crippen LogP contribution in [0, 0.1) is 0 Å². The van der Waals surface area contributed by atoms with Crippen LogP contribution in [0.25, 0.3) is 0 Å². The Morgan fingerprint density at radius 2 is 2.25 bits per heavy atom. The van der Waals surface area contributed by atoms with E-state index < -0.39 is 0 Å². The van der Waals surface area contributed by atoms with Crippen molar-refractivity contribution in [2.45, 2.75) is 51.1 Å². The zero-order valence-corrected chi connectivity index (χ0v) is 11.0. The first-order chi connectivity index (χ1) is 7.61. The average molecular weight is 229 g/mol. The smallest absolute Gasteiger partial charge is 0.0642 e. The van der Waals surface area contributed by atoms with Gasteiger partial charge in [0.15, 0.2) is 0 Å². The second-order valence-electron chi connectivity index (χ2n) is 4.58. The molecule has 0 aromatic heterocycles. The SMILES string of the molecule is C=CCCC(CC)NC(C)(CCO)COC. The van der Waals surface area contributed by atoms with Crippen molar-refractivity contribution < 1.29 is 9.84 Å². The van der Waals surface area contributed by atoms with Gasteiger partial charge < -0.3 is 15.2 Å². The monoisotopic (exact) mass is 229 g/mol. The Labute approximate surface area is 99.9 Å². The largest absolute Gasteiger partial charge is 0.396 e. The molecule has 0 radical (unpaired) electrons. The van der Waals surface area contributed by atoms with E-state index in [9.17, 15) is 0 Å². The molecule has 2 unspecified atom stereocenters. The fourth-order valence-corrected chi connectivity index (χ4v) is 1.94. The van der Waals surface area contributed by atoms with E-state index in [1.807, 2.05) is 6.08 Å². The molecular formula is C13H27NO2. The van der Waals surface area contributed by atoms with Gasteiger partial charge in [-0.1, -0.05) is 13.0 Å². The number of ether oxygens (including phenoxy) is 1. The standard InChI is InChI=1S/C13H27NO2/c1-5-7-8-12(6-2)14-13(3,9-10-15)11-16-4/h5,12,14-15H,1,6-11H2,2-4H3.